The number of nitrogens with zero attached hydrogens (tertiary/aromatic N) is 3. The van der Waals surface area contributed by atoms with Crippen molar-refractivity contribution in [2.24, 2.45) is 11.8 Å². The first kappa shape index (κ1) is 25.1. The molecule has 11 nitrogen and oxygen atoms in total. The minimum absolute atomic E-state index is 0.0693. The molecule has 2 aromatic rings. The second kappa shape index (κ2) is 9.37. The van der Waals surface area contributed by atoms with E-state index < -0.39 is 23.1 Å². The van der Waals surface area contributed by atoms with Crippen LogP contribution >= 0.6 is 11.6 Å². The van der Waals surface area contributed by atoms with E-state index in [2.05, 4.69) is 15.5 Å². The maximum Gasteiger partial charge on any atom is 0.236 e. The number of carbonyl (C=O) groups excluding carboxylic acids is 3. The standard InChI is InChI=1S/C25H27ClN4O7/c1-12-7-15(30-10-14(11-30)24(33)27-6-5-19-28-13(2)29-37-19)8-18(31)25(12)23(32)20-16(34-3)9-17(35-4)21(26)22(20)36-25/h8-9,12,14H,5-7,10-11H2,1-4H3,(H,27,33)/t12-,25+/m1/s1. The molecule has 1 saturated heterocycles. The number of halogens is 1. The first-order chi connectivity index (χ1) is 17.7. The third-order valence-electron chi connectivity index (χ3n) is 7.16. The summed E-state index contributed by atoms with van der Waals surface area (Å²) in [6, 6.07) is 1.51. The Morgan fingerprint density at radius 2 is 2.00 bits per heavy atom. The Balaban J connectivity index is 1.25. The van der Waals surface area contributed by atoms with E-state index in [9.17, 15) is 14.4 Å². The van der Waals surface area contributed by atoms with Crippen molar-refractivity contribution < 1.29 is 33.1 Å². The van der Waals surface area contributed by atoms with Crippen molar-refractivity contribution in [3.63, 3.8) is 0 Å². The summed E-state index contributed by atoms with van der Waals surface area (Å²) >= 11 is 6.43. The smallest absolute Gasteiger partial charge is 0.236 e. The van der Waals surface area contributed by atoms with Gasteiger partial charge in [-0.05, 0) is 13.3 Å². The monoisotopic (exact) mass is 530 g/mol. The average Bonchev–Trinajstić information content (AvgIpc) is 3.39. The molecule has 12 heteroatoms. The number of Topliss-reactive ketones (excluding diaryl/α,β-unsaturated/α-hetero) is 1. The van der Waals surface area contributed by atoms with Gasteiger partial charge in [-0.2, -0.15) is 4.98 Å². The number of aromatic nitrogens is 2. The van der Waals surface area contributed by atoms with Crippen molar-refractivity contribution >= 4 is 29.1 Å². The molecule has 1 spiro atoms. The van der Waals surface area contributed by atoms with Crippen LogP contribution in [0.15, 0.2) is 22.4 Å². The van der Waals surface area contributed by atoms with Crippen LogP contribution in [0, 0.1) is 18.8 Å². The van der Waals surface area contributed by atoms with Gasteiger partial charge in [0.15, 0.2) is 11.6 Å². The maximum atomic E-state index is 13.6. The predicted octanol–water partition coefficient (Wildman–Crippen LogP) is 2.15. The topological polar surface area (TPSA) is 133 Å². The molecule has 0 radical (unpaired) electrons. The van der Waals surface area contributed by atoms with Crippen molar-refractivity contribution in [3.05, 3.63) is 40.1 Å². The fraction of sp³-hybridized carbons (Fsp3) is 0.480. The third kappa shape index (κ3) is 4.01. The van der Waals surface area contributed by atoms with Crippen LogP contribution in [0.3, 0.4) is 0 Å². The number of hydrogen-bond acceptors (Lipinski definition) is 10. The van der Waals surface area contributed by atoms with Gasteiger partial charge in [0.2, 0.25) is 29.0 Å². The predicted molar refractivity (Wildman–Crippen MR) is 130 cm³/mol. The number of aryl methyl sites for hydroxylation is 1. The molecule has 1 amide bonds. The summed E-state index contributed by atoms with van der Waals surface area (Å²) in [6.07, 6.45) is 2.33. The van der Waals surface area contributed by atoms with Gasteiger partial charge in [-0.15, -0.1) is 0 Å². The number of ketones is 2. The van der Waals surface area contributed by atoms with Crippen molar-refractivity contribution in [2.45, 2.75) is 32.3 Å². The Bertz CT molecular complexity index is 1320. The summed E-state index contributed by atoms with van der Waals surface area (Å²) < 4.78 is 21.8. The largest absolute Gasteiger partial charge is 0.496 e. The Kier molecular flexibility index (Phi) is 6.35. The van der Waals surface area contributed by atoms with Gasteiger partial charge in [0.05, 0.1) is 20.1 Å². The molecule has 0 saturated carbocycles. The highest BCUT2D eigenvalue weighted by Gasteiger charge is 2.60. The average molecular weight is 531 g/mol. The van der Waals surface area contributed by atoms with Crippen molar-refractivity contribution in [3.8, 4) is 17.2 Å². The van der Waals surface area contributed by atoms with Crippen LogP contribution in [0.5, 0.6) is 17.2 Å². The van der Waals surface area contributed by atoms with Gasteiger partial charge in [-0.1, -0.05) is 23.7 Å². The molecule has 2 atom stereocenters. The lowest BCUT2D eigenvalue weighted by Gasteiger charge is -2.45. The molecular weight excluding hydrogens is 504 g/mol. The maximum absolute atomic E-state index is 13.6. The zero-order chi connectivity index (χ0) is 26.5. The molecule has 3 heterocycles. The number of ether oxygens (including phenoxy) is 3. The van der Waals surface area contributed by atoms with Gasteiger partial charge in [0.25, 0.3) is 0 Å². The third-order valence-corrected chi connectivity index (χ3v) is 7.52. The first-order valence-corrected chi connectivity index (χ1v) is 12.3. The number of rotatable bonds is 7. The van der Waals surface area contributed by atoms with E-state index in [4.69, 9.17) is 30.3 Å². The summed E-state index contributed by atoms with van der Waals surface area (Å²) in [5.74, 6) is -0.0335. The Hall–Kier alpha value is -3.60. The van der Waals surface area contributed by atoms with Crippen LogP contribution in [-0.2, 0) is 16.0 Å². The second-order valence-corrected chi connectivity index (χ2v) is 9.83. The zero-order valence-electron chi connectivity index (χ0n) is 20.9. The molecule has 3 aliphatic rings. The van der Waals surface area contributed by atoms with E-state index in [-0.39, 0.29) is 39.7 Å². The van der Waals surface area contributed by atoms with Crippen LogP contribution in [0.2, 0.25) is 5.02 Å². The van der Waals surface area contributed by atoms with Gasteiger partial charge in [-0.3, -0.25) is 14.4 Å². The lowest BCUT2D eigenvalue weighted by atomic mass is 9.73. The normalized spacial score (nSPS) is 22.9. The van der Waals surface area contributed by atoms with E-state index in [1.165, 1.54) is 26.4 Å². The molecule has 1 aromatic carbocycles. The highest BCUT2D eigenvalue weighted by atomic mass is 35.5. The van der Waals surface area contributed by atoms with Crippen LogP contribution in [0.1, 0.15) is 35.4 Å². The minimum atomic E-state index is -1.72. The summed E-state index contributed by atoms with van der Waals surface area (Å²) in [6.45, 7) is 4.90. The van der Waals surface area contributed by atoms with Gasteiger partial charge in [-0.25, -0.2) is 0 Å². The van der Waals surface area contributed by atoms with E-state index in [1.807, 2.05) is 4.90 Å². The number of amides is 1. The number of likely N-dealkylation sites (tertiary alicyclic amines) is 1. The van der Waals surface area contributed by atoms with Crippen LogP contribution in [0.25, 0.3) is 0 Å². The number of allylic oxidation sites excluding steroid dienone is 1. The number of carbonyl (C=O) groups is 3. The SMILES string of the molecule is COc1cc(OC)c2c(c1Cl)O[C@@]1(C(=O)C=C(N3CC(C(=O)NCCc4nc(C)no4)C3)C[C@H]1C)C2=O. The van der Waals surface area contributed by atoms with Crippen LogP contribution < -0.4 is 19.5 Å². The molecule has 196 valence electrons. The molecular formula is C25H27ClN4O7. The second-order valence-electron chi connectivity index (χ2n) is 9.45. The summed E-state index contributed by atoms with van der Waals surface area (Å²) in [5, 5.41) is 6.73. The molecule has 2 aliphatic heterocycles. The Labute approximate surface area is 218 Å². The number of methoxy groups -OCH3 is 2. The number of hydrogen-bond donors (Lipinski definition) is 1. The van der Waals surface area contributed by atoms with Crippen molar-refractivity contribution in [1.82, 2.24) is 20.4 Å². The quantitative estimate of drug-likeness (QED) is 0.531. The van der Waals surface area contributed by atoms with Gasteiger partial charge in [0.1, 0.15) is 22.1 Å². The van der Waals surface area contributed by atoms with Crippen molar-refractivity contribution in [1.29, 1.82) is 0 Å². The molecule has 1 N–H and O–H groups in total. The summed E-state index contributed by atoms with van der Waals surface area (Å²) in [4.78, 5) is 45.7. The van der Waals surface area contributed by atoms with Crippen LogP contribution in [0.4, 0.5) is 0 Å². The lowest BCUT2D eigenvalue weighted by molar-refractivity contribution is -0.130. The minimum Gasteiger partial charge on any atom is -0.496 e. The molecule has 0 unspecified atom stereocenters. The summed E-state index contributed by atoms with van der Waals surface area (Å²) in [7, 11) is 2.87. The molecule has 0 bridgehead atoms. The van der Waals surface area contributed by atoms with E-state index >= 15 is 0 Å². The molecule has 37 heavy (non-hydrogen) atoms. The fourth-order valence-electron chi connectivity index (χ4n) is 5.08. The van der Waals surface area contributed by atoms with Gasteiger partial charge >= 0.3 is 0 Å². The summed E-state index contributed by atoms with van der Waals surface area (Å²) in [5.41, 5.74) is -0.803. The molecule has 1 fully saturated rings. The lowest BCUT2D eigenvalue weighted by Crippen LogP contribution is -2.58. The number of nitrogens with one attached hydrogen (secondary N) is 1. The highest BCUT2D eigenvalue weighted by Crippen LogP contribution is 2.53. The Morgan fingerprint density at radius 3 is 2.62 bits per heavy atom. The van der Waals surface area contributed by atoms with Crippen LogP contribution in [-0.4, -0.2) is 72.0 Å². The first-order valence-electron chi connectivity index (χ1n) is 11.9. The fourth-order valence-corrected chi connectivity index (χ4v) is 5.35. The Morgan fingerprint density at radius 1 is 1.27 bits per heavy atom. The molecule has 5 rings (SSSR count). The highest BCUT2D eigenvalue weighted by molar-refractivity contribution is 6.36. The zero-order valence-corrected chi connectivity index (χ0v) is 21.7. The number of benzene rings is 1. The van der Waals surface area contributed by atoms with E-state index in [0.717, 1.165) is 5.70 Å². The van der Waals surface area contributed by atoms with Gasteiger partial charge < -0.3 is 29.0 Å². The van der Waals surface area contributed by atoms with Gasteiger partial charge in [0, 0.05) is 49.8 Å². The molecule has 1 aromatic heterocycles. The van der Waals surface area contributed by atoms with E-state index in [1.54, 1.807) is 13.8 Å². The van der Waals surface area contributed by atoms with E-state index in [0.29, 0.717) is 44.2 Å². The van der Waals surface area contributed by atoms with Crippen molar-refractivity contribution in [2.75, 3.05) is 33.9 Å². The number of fused-ring (bicyclic) bond motifs is 1. The molecule has 1 aliphatic carbocycles.